The van der Waals surface area contributed by atoms with E-state index in [0.717, 1.165) is 31.4 Å². The van der Waals surface area contributed by atoms with E-state index in [9.17, 15) is 8.78 Å². The highest BCUT2D eigenvalue weighted by Crippen LogP contribution is 2.32. The van der Waals surface area contributed by atoms with Gasteiger partial charge < -0.3 is 5.32 Å². The summed E-state index contributed by atoms with van der Waals surface area (Å²) in [6.45, 7) is 0.802. The Balaban J connectivity index is 2.42. The number of halogens is 2. The molecule has 0 fully saturated rings. The van der Waals surface area contributed by atoms with Gasteiger partial charge in [0.25, 0.3) is 6.43 Å². The monoisotopic (exact) mass is 197 g/mol. The van der Waals surface area contributed by atoms with Gasteiger partial charge in [0.2, 0.25) is 0 Å². The van der Waals surface area contributed by atoms with Crippen molar-refractivity contribution in [1.82, 2.24) is 0 Å². The first-order valence-electron chi connectivity index (χ1n) is 4.93. The standard InChI is InChI=1S/C11H13F2N/c12-11(13)9-6-3-5-8-4-1-2-7-14-10(8)9/h3,5-6,11,14H,1-2,4,7H2. The van der Waals surface area contributed by atoms with Gasteiger partial charge in [0.15, 0.2) is 0 Å². The van der Waals surface area contributed by atoms with E-state index in [0.29, 0.717) is 5.69 Å². The first-order chi connectivity index (χ1) is 6.79. The molecule has 76 valence electrons. The van der Waals surface area contributed by atoms with Crippen LogP contribution in [0.15, 0.2) is 18.2 Å². The van der Waals surface area contributed by atoms with Crippen LogP contribution in [-0.4, -0.2) is 6.54 Å². The highest BCUT2D eigenvalue weighted by Gasteiger charge is 2.16. The Morgan fingerprint density at radius 1 is 1.21 bits per heavy atom. The van der Waals surface area contributed by atoms with Crippen LogP contribution in [0, 0.1) is 0 Å². The van der Waals surface area contributed by atoms with E-state index in [1.54, 1.807) is 6.07 Å². The molecular weight excluding hydrogens is 184 g/mol. The molecule has 1 aliphatic rings. The number of aryl methyl sites for hydroxylation is 1. The van der Waals surface area contributed by atoms with Crippen molar-refractivity contribution in [3.05, 3.63) is 29.3 Å². The van der Waals surface area contributed by atoms with Crippen LogP contribution in [-0.2, 0) is 6.42 Å². The minimum Gasteiger partial charge on any atom is -0.384 e. The van der Waals surface area contributed by atoms with E-state index in [1.807, 2.05) is 6.07 Å². The minimum atomic E-state index is -2.38. The van der Waals surface area contributed by atoms with E-state index in [1.165, 1.54) is 6.07 Å². The van der Waals surface area contributed by atoms with Gasteiger partial charge in [-0.25, -0.2) is 8.78 Å². The molecule has 1 N–H and O–H groups in total. The van der Waals surface area contributed by atoms with Gasteiger partial charge in [0, 0.05) is 17.8 Å². The average molecular weight is 197 g/mol. The number of benzene rings is 1. The molecule has 0 saturated carbocycles. The third-order valence-corrected chi connectivity index (χ3v) is 2.59. The molecule has 2 rings (SSSR count). The first-order valence-corrected chi connectivity index (χ1v) is 4.93. The number of hydrogen-bond acceptors (Lipinski definition) is 1. The summed E-state index contributed by atoms with van der Waals surface area (Å²) in [6.07, 6.45) is 0.656. The van der Waals surface area contributed by atoms with Crippen LogP contribution in [0.5, 0.6) is 0 Å². The molecule has 0 saturated heterocycles. The SMILES string of the molecule is FC(F)c1cccc2c1NCCCC2. The van der Waals surface area contributed by atoms with Crippen molar-refractivity contribution >= 4 is 5.69 Å². The molecule has 0 spiro atoms. The number of nitrogens with one attached hydrogen (secondary N) is 1. The Hall–Kier alpha value is -1.12. The second-order valence-electron chi connectivity index (χ2n) is 3.57. The molecule has 1 nitrogen and oxygen atoms in total. The summed E-state index contributed by atoms with van der Waals surface area (Å²) in [5.41, 5.74) is 1.84. The first kappa shape index (κ1) is 9.44. The summed E-state index contributed by atoms with van der Waals surface area (Å²) >= 11 is 0. The fourth-order valence-corrected chi connectivity index (χ4v) is 1.88. The lowest BCUT2D eigenvalue weighted by molar-refractivity contribution is 0.152. The number of rotatable bonds is 1. The molecule has 0 bridgehead atoms. The molecular formula is C11H13F2N. The number of anilines is 1. The Bertz CT molecular complexity index is 323. The maximum atomic E-state index is 12.6. The number of para-hydroxylation sites is 1. The molecule has 0 radical (unpaired) electrons. The Labute approximate surface area is 82.1 Å². The van der Waals surface area contributed by atoms with Gasteiger partial charge in [-0.1, -0.05) is 18.2 Å². The summed E-state index contributed by atoms with van der Waals surface area (Å²) in [4.78, 5) is 0. The normalized spacial score (nSPS) is 15.9. The molecule has 1 aliphatic heterocycles. The summed E-state index contributed by atoms with van der Waals surface area (Å²) in [6, 6.07) is 5.15. The van der Waals surface area contributed by atoms with Crippen molar-refractivity contribution < 1.29 is 8.78 Å². The molecule has 0 aliphatic carbocycles. The van der Waals surface area contributed by atoms with Gasteiger partial charge >= 0.3 is 0 Å². The number of alkyl halides is 2. The van der Waals surface area contributed by atoms with E-state index in [2.05, 4.69) is 5.32 Å². The second-order valence-corrected chi connectivity index (χ2v) is 3.57. The molecule has 0 unspecified atom stereocenters. The maximum Gasteiger partial charge on any atom is 0.265 e. The van der Waals surface area contributed by atoms with Crippen molar-refractivity contribution in [2.24, 2.45) is 0 Å². The minimum absolute atomic E-state index is 0.143. The second kappa shape index (κ2) is 3.95. The number of fused-ring (bicyclic) bond motifs is 1. The van der Waals surface area contributed by atoms with Crippen LogP contribution < -0.4 is 5.32 Å². The van der Waals surface area contributed by atoms with E-state index in [-0.39, 0.29) is 5.56 Å². The van der Waals surface area contributed by atoms with Crippen LogP contribution in [0.2, 0.25) is 0 Å². The molecule has 1 aromatic rings. The largest absolute Gasteiger partial charge is 0.384 e. The molecule has 1 aromatic carbocycles. The highest BCUT2D eigenvalue weighted by atomic mass is 19.3. The molecule has 1 heterocycles. The lowest BCUT2D eigenvalue weighted by atomic mass is 10.0. The third-order valence-electron chi connectivity index (χ3n) is 2.59. The van der Waals surface area contributed by atoms with Crippen LogP contribution in [0.1, 0.15) is 30.4 Å². The Morgan fingerprint density at radius 3 is 2.86 bits per heavy atom. The topological polar surface area (TPSA) is 12.0 Å². The lowest BCUT2D eigenvalue weighted by Gasteiger charge is -2.12. The quantitative estimate of drug-likeness (QED) is 0.727. The lowest BCUT2D eigenvalue weighted by Crippen LogP contribution is -2.03. The number of hydrogen-bond donors (Lipinski definition) is 1. The van der Waals surface area contributed by atoms with Crippen molar-refractivity contribution in [3.8, 4) is 0 Å². The molecule has 3 heteroatoms. The zero-order valence-electron chi connectivity index (χ0n) is 7.89. The van der Waals surface area contributed by atoms with Gasteiger partial charge in [0.05, 0.1) is 0 Å². The summed E-state index contributed by atoms with van der Waals surface area (Å²) < 4.78 is 25.3. The molecule has 14 heavy (non-hydrogen) atoms. The predicted octanol–water partition coefficient (Wildman–Crippen LogP) is 3.37. The van der Waals surface area contributed by atoms with Gasteiger partial charge in [0.1, 0.15) is 0 Å². The smallest absolute Gasteiger partial charge is 0.265 e. The Morgan fingerprint density at radius 2 is 2.07 bits per heavy atom. The summed E-state index contributed by atoms with van der Waals surface area (Å²) in [5.74, 6) is 0. The van der Waals surface area contributed by atoms with E-state index >= 15 is 0 Å². The summed E-state index contributed by atoms with van der Waals surface area (Å²) in [7, 11) is 0. The van der Waals surface area contributed by atoms with E-state index in [4.69, 9.17) is 0 Å². The van der Waals surface area contributed by atoms with Crippen LogP contribution >= 0.6 is 0 Å². The fraction of sp³-hybridized carbons (Fsp3) is 0.455. The van der Waals surface area contributed by atoms with Crippen molar-refractivity contribution in [1.29, 1.82) is 0 Å². The average Bonchev–Trinajstić information content (AvgIpc) is 2.41. The summed E-state index contributed by atoms with van der Waals surface area (Å²) in [5, 5.41) is 3.10. The van der Waals surface area contributed by atoms with Crippen LogP contribution in [0.3, 0.4) is 0 Å². The Kier molecular flexibility index (Phi) is 2.66. The fourth-order valence-electron chi connectivity index (χ4n) is 1.88. The van der Waals surface area contributed by atoms with Gasteiger partial charge in [-0.05, 0) is 24.8 Å². The molecule has 0 aromatic heterocycles. The van der Waals surface area contributed by atoms with Crippen molar-refractivity contribution in [2.45, 2.75) is 25.7 Å². The molecule has 0 amide bonds. The van der Waals surface area contributed by atoms with E-state index < -0.39 is 6.43 Å². The highest BCUT2D eigenvalue weighted by molar-refractivity contribution is 5.58. The predicted molar refractivity (Wildman–Crippen MR) is 52.8 cm³/mol. The van der Waals surface area contributed by atoms with Crippen molar-refractivity contribution in [3.63, 3.8) is 0 Å². The van der Waals surface area contributed by atoms with Crippen LogP contribution in [0.25, 0.3) is 0 Å². The zero-order valence-corrected chi connectivity index (χ0v) is 7.89. The molecule has 0 atom stereocenters. The maximum absolute atomic E-state index is 12.6. The third kappa shape index (κ3) is 1.72. The van der Waals surface area contributed by atoms with Crippen molar-refractivity contribution in [2.75, 3.05) is 11.9 Å². The van der Waals surface area contributed by atoms with Crippen LogP contribution in [0.4, 0.5) is 14.5 Å². The van der Waals surface area contributed by atoms with Gasteiger partial charge in [-0.2, -0.15) is 0 Å². The zero-order chi connectivity index (χ0) is 9.97. The van der Waals surface area contributed by atoms with Gasteiger partial charge in [-0.15, -0.1) is 0 Å². The van der Waals surface area contributed by atoms with Gasteiger partial charge in [-0.3, -0.25) is 0 Å².